The first-order chi connectivity index (χ1) is 16.3. The van der Waals surface area contributed by atoms with Gasteiger partial charge in [0.05, 0.1) is 26.8 Å². The highest BCUT2D eigenvalue weighted by molar-refractivity contribution is 9.10. The fraction of sp³-hybridized carbons (Fsp3) is 0.0435. The third-order valence-corrected chi connectivity index (χ3v) is 6.89. The number of fused-ring (bicyclic) bond motifs is 1. The zero-order valence-corrected chi connectivity index (χ0v) is 19.5. The van der Waals surface area contributed by atoms with Gasteiger partial charge in [-0.15, -0.1) is 0 Å². The Morgan fingerprint density at radius 3 is 2.59 bits per heavy atom. The van der Waals surface area contributed by atoms with E-state index in [1.54, 1.807) is 42.6 Å². The van der Waals surface area contributed by atoms with Crippen molar-refractivity contribution in [3.05, 3.63) is 98.3 Å². The molecule has 1 aliphatic rings. The first-order valence-corrected chi connectivity index (χ1v) is 11.5. The number of anilines is 1. The first-order valence-electron chi connectivity index (χ1n) is 9.87. The molecule has 0 aliphatic carbocycles. The Labute approximate surface area is 204 Å². The number of carbonyl (C=O) groups is 2. The maximum absolute atomic E-state index is 13.2. The van der Waals surface area contributed by atoms with E-state index in [-0.39, 0.29) is 22.2 Å². The van der Waals surface area contributed by atoms with Gasteiger partial charge < -0.3 is 5.11 Å². The lowest BCUT2D eigenvalue weighted by Gasteiger charge is -2.22. The van der Waals surface area contributed by atoms with E-state index >= 15 is 0 Å². The third-order valence-electron chi connectivity index (χ3n) is 5.34. The molecule has 0 radical (unpaired) electrons. The second kappa shape index (κ2) is 8.43. The van der Waals surface area contributed by atoms with Crippen molar-refractivity contribution in [2.24, 2.45) is 0 Å². The van der Waals surface area contributed by atoms with Crippen molar-refractivity contribution in [1.29, 1.82) is 0 Å². The Kier molecular flexibility index (Phi) is 5.42. The van der Waals surface area contributed by atoms with Gasteiger partial charge in [-0.2, -0.15) is 0 Å². The number of ketones is 1. The molecule has 3 heterocycles. The highest BCUT2D eigenvalue weighted by Crippen LogP contribution is 2.44. The number of nitrogens with zero attached hydrogens (tertiary/aromatic N) is 4. The number of thiazole rings is 1. The SMILES string of the molecule is O=C1C(=O)N(c2nc3ccc([N+](=O)[O-])cc3s2)C(c2cccnc2)/C1=C(\O)c1ccc(Br)cc1. The van der Waals surface area contributed by atoms with E-state index in [0.717, 1.165) is 15.8 Å². The van der Waals surface area contributed by atoms with Gasteiger partial charge in [-0.3, -0.25) is 29.6 Å². The Hall–Kier alpha value is -3.96. The van der Waals surface area contributed by atoms with Gasteiger partial charge in [0.2, 0.25) is 0 Å². The number of aliphatic hydroxyl groups excluding tert-OH is 1. The number of hydrogen-bond acceptors (Lipinski definition) is 8. The van der Waals surface area contributed by atoms with E-state index in [0.29, 0.717) is 21.3 Å². The Balaban J connectivity index is 1.70. The van der Waals surface area contributed by atoms with E-state index in [9.17, 15) is 24.8 Å². The predicted molar refractivity (Wildman–Crippen MR) is 129 cm³/mol. The average molecular weight is 537 g/mol. The van der Waals surface area contributed by atoms with Crippen LogP contribution in [0.25, 0.3) is 16.0 Å². The molecular weight excluding hydrogens is 524 g/mol. The molecule has 2 aromatic carbocycles. The standard InChI is InChI=1S/C23H13BrN4O5S/c24-14-5-3-12(4-6-14)20(29)18-19(13-2-1-9-25-11-13)27(22(31)21(18)30)23-26-16-8-7-15(28(32)33)10-17(16)34-23/h1-11,19,29H/b20-18+. The quantitative estimate of drug-likeness (QED) is 0.128. The maximum Gasteiger partial charge on any atom is 0.301 e. The second-order valence-electron chi connectivity index (χ2n) is 7.37. The van der Waals surface area contributed by atoms with Crippen molar-refractivity contribution < 1.29 is 19.6 Å². The average Bonchev–Trinajstić information content (AvgIpc) is 3.37. The topological polar surface area (TPSA) is 127 Å². The number of nitro benzene ring substituents is 1. The van der Waals surface area contributed by atoms with Gasteiger partial charge in [-0.05, 0) is 29.8 Å². The predicted octanol–water partition coefficient (Wildman–Crippen LogP) is 4.99. The fourth-order valence-corrected chi connectivity index (χ4v) is 5.05. The summed E-state index contributed by atoms with van der Waals surface area (Å²) >= 11 is 4.38. The summed E-state index contributed by atoms with van der Waals surface area (Å²) in [7, 11) is 0. The van der Waals surface area contributed by atoms with Crippen LogP contribution in [0.1, 0.15) is 17.2 Å². The van der Waals surface area contributed by atoms with Crippen LogP contribution in [0, 0.1) is 10.1 Å². The normalized spacial score (nSPS) is 17.4. The number of benzene rings is 2. The van der Waals surface area contributed by atoms with Gasteiger partial charge in [0.1, 0.15) is 5.76 Å². The van der Waals surface area contributed by atoms with E-state index in [2.05, 4.69) is 25.9 Å². The number of carbonyl (C=O) groups excluding carboxylic acids is 2. The van der Waals surface area contributed by atoms with E-state index in [1.165, 1.54) is 29.3 Å². The summed E-state index contributed by atoms with van der Waals surface area (Å²) in [6.07, 6.45) is 3.07. The minimum atomic E-state index is -0.979. The molecule has 11 heteroatoms. The molecule has 1 aliphatic heterocycles. The largest absolute Gasteiger partial charge is 0.507 e. The van der Waals surface area contributed by atoms with Gasteiger partial charge in [0.15, 0.2) is 5.13 Å². The number of pyridine rings is 1. The van der Waals surface area contributed by atoms with E-state index in [4.69, 9.17) is 0 Å². The maximum atomic E-state index is 13.2. The van der Waals surface area contributed by atoms with Crippen LogP contribution in [0.3, 0.4) is 0 Å². The van der Waals surface area contributed by atoms with Crippen LogP contribution in [-0.2, 0) is 9.59 Å². The summed E-state index contributed by atoms with van der Waals surface area (Å²) in [6.45, 7) is 0. The molecule has 0 spiro atoms. The first kappa shape index (κ1) is 21.9. The minimum absolute atomic E-state index is 0.0921. The van der Waals surface area contributed by atoms with Crippen LogP contribution in [0.2, 0.25) is 0 Å². The molecule has 4 aromatic rings. The Morgan fingerprint density at radius 2 is 1.91 bits per heavy atom. The summed E-state index contributed by atoms with van der Waals surface area (Å²) in [4.78, 5) is 46.8. The van der Waals surface area contributed by atoms with Crippen LogP contribution >= 0.6 is 27.3 Å². The van der Waals surface area contributed by atoms with Gasteiger partial charge in [0.25, 0.3) is 11.5 Å². The van der Waals surface area contributed by atoms with Crippen molar-refractivity contribution in [1.82, 2.24) is 9.97 Å². The van der Waals surface area contributed by atoms with Crippen LogP contribution in [0.15, 0.2) is 77.0 Å². The molecule has 1 amide bonds. The zero-order valence-electron chi connectivity index (χ0n) is 17.1. The summed E-state index contributed by atoms with van der Waals surface area (Å²) < 4.78 is 1.28. The Bertz CT molecular complexity index is 1500. The number of aromatic nitrogens is 2. The van der Waals surface area contributed by atoms with Crippen LogP contribution in [0.4, 0.5) is 10.8 Å². The number of non-ortho nitro benzene ring substituents is 1. The van der Waals surface area contributed by atoms with Crippen molar-refractivity contribution in [2.45, 2.75) is 6.04 Å². The molecule has 1 unspecified atom stereocenters. The van der Waals surface area contributed by atoms with Gasteiger partial charge in [-0.25, -0.2) is 4.98 Å². The molecule has 1 fully saturated rings. The molecule has 0 bridgehead atoms. The van der Waals surface area contributed by atoms with Gasteiger partial charge >= 0.3 is 5.91 Å². The summed E-state index contributed by atoms with van der Waals surface area (Å²) in [5.74, 6) is -2.04. The van der Waals surface area contributed by atoms with Crippen molar-refractivity contribution in [3.8, 4) is 0 Å². The molecule has 5 rings (SSSR count). The second-order valence-corrected chi connectivity index (χ2v) is 9.29. The highest BCUT2D eigenvalue weighted by atomic mass is 79.9. The Morgan fingerprint density at radius 1 is 1.15 bits per heavy atom. The highest BCUT2D eigenvalue weighted by Gasteiger charge is 2.48. The number of amides is 1. The molecule has 34 heavy (non-hydrogen) atoms. The number of nitro groups is 1. The van der Waals surface area contributed by atoms with Crippen LogP contribution < -0.4 is 4.90 Å². The van der Waals surface area contributed by atoms with Gasteiger partial charge in [0, 0.05) is 34.6 Å². The molecule has 9 nitrogen and oxygen atoms in total. The number of aliphatic hydroxyl groups is 1. The summed E-state index contributed by atoms with van der Waals surface area (Å²) in [6, 6.07) is 13.3. The van der Waals surface area contributed by atoms with Crippen molar-refractivity contribution in [2.75, 3.05) is 4.90 Å². The van der Waals surface area contributed by atoms with E-state index < -0.39 is 22.7 Å². The number of hydrogen-bond donors (Lipinski definition) is 1. The lowest BCUT2D eigenvalue weighted by molar-refractivity contribution is -0.384. The van der Waals surface area contributed by atoms with Crippen LogP contribution in [-0.4, -0.2) is 31.7 Å². The number of halogens is 1. The number of Topliss-reactive ketones (excluding diaryl/α,β-unsaturated/α-hetero) is 1. The van der Waals surface area contributed by atoms with E-state index in [1.807, 2.05) is 0 Å². The molecule has 1 saturated heterocycles. The number of rotatable bonds is 4. The van der Waals surface area contributed by atoms with Gasteiger partial charge in [-0.1, -0.05) is 45.5 Å². The lowest BCUT2D eigenvalue weighted by Crippen LogP contribution is -2.29. The lowest BCUT2D eigenvalue weighted by atomic mass is 9.96. The van der Waals surface area contributed by atoms with Crippen molar-refractivity contribution >= 4 is 65.8 Å². The minimum Gasteiger partial charge on any atom is -0.507 e. The van der Waals surface area contributed by atoms with Crippen molar-refractivity contribution in [3.63, 3.8) is 0 Å². The molecule has 1 atom stereocenters. The molecular formula is C23H13BrN4O5S. The summed E-state index contributed by atoms with van der Waals surface area (Å²) in [5.41, 5.74) is 1.13. The summed E-state index contributed by atoms with van der Waals surface area (Å²) in [5, 5.41) is 22.4. The molecule has 168 valence electrons. The van der Waals surface area contributed by atoms with Crippen LogP contribution in [0.5, 0.6) is 0 Å². The monoisotopic (exact) mass is 536 g/mol. The third kappa shape index (κ3) is 3.64. The zero-order chi connectivity index (χ0) is 24.0. The molecule has 1 N–H and O–H groups in total. The molecule has 0 saturated carbocycles. The fourth-order valence-electron chi connectivity index (χ4n) is 3.76. The molecule has 2 aromatic heterocycles. The smallest absolute Gasteiger partial charge is 0.301 e.